The van der Waals surface area contributed by atoms with Crippen LogP contribution in [-0.4, -0.2) is 38.6 Å². The van der Waals surface area contributed by atoms with Crippen molar-refractivity contribution in [3.8, 4) is 0 Å². The first-order valence-corrected chi connectivity index (χ1v) is 5.04. The van der Waals surface area contributed by atoms with E-state index >= 15 is 0 Å². The van der Waals surface area contributed by atoms with Crippen molar-refractivity contribution < 1.29 is 9.59 Å². The molecule has 1 aromatic rings. The number of primary amides is 1. The maximum absolute atomic E-state index is 11.4. The van der Waals surface area contributed by atoms with Crippen LogP contribution < -0.4 is 11.1 Å². The summed E-state index contributed by atoms with van der Waals surface area (Å²) in [5.74, 6) is -0.291. The molecule has 0 fully saturated rings. The number of nitrogens with two attached hydrogens (primary N) is 1. The average Bonchev–Trinajstić information content (AvgIpc) is 2.18. The molecule has 7 heteroatoms. The van der Waals surface area contributed by atoms with Gasteiger partial charge in [0.25, 0.3) is 0 Å². The second kappa shape index (κ2) is 7.27. The third kappa shape index (κ3) is 5.16. The zero-order valence-corrected chi connectivity index (χ0v) is 11.9. The van der Waals surface area contributed by atoms with Crippen LogP contribution in [0.15, 0.2) is 30.3 Å². The Balaban J connectivity index is 0.00000225. The molecule has 0 aromatic heterocycles. The molecule has 3 N–H and O–H groups in total. The second-order valence-electron chi connectivity index (χ2n) is 2.81. The van der Waals surface area contributed by atoms with Gasteiger partial charge in [0, 0.05) is 0 Å². The molecule has 0 atom stereocenters. The van der Waals surface area contributed by atoms with E-state index in [2.05, 4.69) is 5.32 Å². The molecular weight excluding hydrogens is 341 g/mol. The predicted molar refractivity (Wildman–Crippen MR) is 68.8 cm³/mol. The van der Waals surface area contributed by atoms with Crippen LogP contribution in [-0.2, 0) is 4.79 Å². The van der Waals surface area contributed by atoms with Crippen molar-refractivity contribution in [1.82, 2.24) is 3.92 Å². The van der Waals surface area contributed by atoms with E-state index in [-0.39, 0.29) is 29.4 Å². The van der Waals surface area contributed by atoms with Gasteiger partial charge < -0.3 is 0 Å². The van der Waals surface area contributed by atoms with E-state index in [9.17, 15) is 9.59 Å². The number of para-hydroxylation sites is 1. The van der Waals surface area contributed by atoms with E-state index in [1.165, 1.54) is 0 Å². The summed E-state index contributed by atoms with van der Waals surface area (Å²) in [7, 11) is 0. The normalized spacial score (nSPS) is 8.81. The summed E-state index contributed by atoms with van der Waals surface area (Å²) in [6.07, 6.45) is 0. The van der Waals surface area contributed by atoms with Crippen molar-refractivity contribution in [2.75, 3.05) is 11.9 Å². The van der Waals surface area contributed by atoms with Gasteiger partial charge in [0.15, 0.2) is 0 Å². The maximum atomic E-state index is 11.4. The number of amides is 3. The van der Waals surface area contributed by atoms with Gasteiger partial charge in [0.1, 0.15) is 0 Å². The summed E-state index contributed by atoms with van der Waals surface area (Å²) in [5.41, 5.74) is 5.66. The van der Waals surface area contributed by atoms with Crippen molar-refractivity contribution in [2.45, 2.75) is 0 Å². The van der Waals surface area contributed by atoms with Crippen molar-refractivity contribution in [3.05, 3.63) is 30.3 Å². The third-order valence-corrected chi connectivity index (χ3v) is 2.32. The molecule has 0 spiro atoms. The fourth-order valence-corrected chi connectivity index (χ4v) is 1.21. The van der Waals surface area contributed by atoms with Gasteiger partial charge in [-0.05, 0) is 0 Å². The molecule has 3 amide bonds. The molecule has 88 valence electrons. The Morgan fingerprint density at radius 1 is 1.31 bits per heavy atom. The minimum absolute atomic E-state index is 0. The first-order chi connectivity index (χ1) is 7.09. The Labute approximate surface area is 112 Å². The molecule has 1 rings (SSSR count). The Morgan fingerprint density at radius 3 is 2.38 bits per heavy atom. The third-order valence-electron chi connectivity index (χ3n) is 1.61. The molecule has 0 aliphatic heterocycles. The molecule has 0 aliphatic carbocycles. The molecule has 1 aromatic carbocycles. The molecule has 0 radical (unpaired) electrons. The van der Waals surface area contributed by atoms with Crippen LogP contribution in [0.25, 0.3) is 0 Å². The Bertz CT molecular complexity index is 361. The van der Waals surface area contributed by atoms with Crippen LogP contribution in [0.2, 0.25) is 0 Å². The molecule has 0 unspecified atom stereocenters. The summed E-state index contributed by atoms with van der Waals surface area (Å²) in [6.45, 7) is -0.0791. The number of carbonyl (C=O) groups is 2. The number of benzene rings is 1. The van der Waals surface area contributed by atoms with Gasteiger partial charge in [-0.2, -0.15) is 0 Å². The number of carbonyl (C=O) groups excluding carboxylic acids is 2. The van der Waals surface area contributed by atoms with Crippen LogP contribution in [0.3, 0.4) is 0 Å². The Morgan fingerprint density at radius 2 is 1.88 bits per heavy atom. The summed E-state index contributed by atoms with van der Waals surface area (Å²) < 4.78 is 1.07. The number of halogens is 1. The zero-order chi connectivity index (χ0) is 11.3. The minimum atomic E-state index is -0.654. The van der Waals surface area contributed by atoms with E-state index in [1.807, 2.05) is 34.4 Å². The number of nitrogens with one attached hydrogen (secondary N) is 1. The molecule has 16 heavy (non-hydrogen) atoms. The first-order valence-electron chi connectivity index (χ1n) is 4.20. The van der Waals surface area contributed by atoms with Gasteiger partial charge in [-0.1, -0.05) is 0 Å². The van der Waals surface area contributed by atoms with Crippen molar-refractivity contribution in [3.63, 3.8) is 0 Å². The number of anilines is 1. The summed E-state index contributed by atoms with van der Waals surface area (Å²) in [5, 5.41) is 2.63. The van der Waals surface area contributed by atoms with Gasteiger partial charge >= 0.3 is 95.3 Å². The van der Waals surface area contributed by atoms with E-state index in [1.54, 1.807) is 12.1 Å². The van der Waals surface area contributed by atoms with Crippen molar-refractivity contribution in [2.24, 2.45) is 5.73 Å². The summed E-state index contributed by atoms with van der Waals surface area (Å²) >= 11 is 1.93. The Hall–Kier alpha value is -1.04. The SMILES string of the molecule is Br.NC(=O)N([SeH])CC(=O)Nc1ccccc1. The fourth-order valence-electron chi connectivity index (χ4n) is 0.936. The van der Waals surface area contributed by atoms with Crippen LogP contribution in [0, 0.1) is 0 Å². The van der Waals surface area contributed by atoms with Gasteiger partial charge in [0.2, 0.25) is 0 Å². The molecule has 0 aliphatic rings. The number of urea groups is 1. The topological polar surface area (TPSA) is 75.4 Å². The number of rotatable bonds is 3. The van der Waals surface area contributed by atoms with E-state index in [4.69, 9.17) is 5.73 Å². The second-order valence-corrected chi connectivity index (χ2v) is 3.82. The van der Waals surface area contributed by atoms with E-state index in [0.717, 1.165) is 3.92 Å². The molecule has 0 saturated heterocycles. The quantitative estimate of drug-likeness (QED) is 0.772. The first kappa shape index (κ1) is 15.0. The van der Waals surface area contributed by atoms with Crippen molar-refractivity contribution in [1.29, 1.82) is 0 Å². The van der Waals surface area contributed by atoms with Crippen LogP contribution in [0.5, 0.6) is 0 Å². The fraction of sp³-hybridized carbons (Fsp3) is 0.111. The van der Waals surface area contributed by atoms with Gasteiger partial charge in [-0.15, -0.1) is 17.0 Å². The van der Waals surface area contributed by atoms with Crippen LogP contribution in [0.4, 0.5) is 10.5 Å². The zero-order valence-electron chi connectivity index (χ0n) is 8.29. The van der Waals surface area contributed by atoms with Gasteiger partial charge in [-0.25, -0.2) is 0 Å². The van der Waals surface area contributed by atoms with Crippen molar-refractivity contribution >= 4 is 50.8 Å². The molecule has 0 bridgehead atoms. The summed E-state index contributed by atoms with van der Waals surface area (Å²) in [6, 6.07) is 8.33. The Kier molecular flexibility index (Phi) is 6.80. The van der Waals surface area contributed by atoms with Crippen LogP contribution >= 0.6 is 17.0 Å². The molecular formula is C9H12BrN3O2Se. The number of hydrogen-bond donors (Lipinski definition) is 2. The molecule has 5 nitrogen and oxygen atoms in total. The number of hydrogen-bond acceptors (Lipinski definition) is 2. The molecule has 0 saturated carbocycles. The summed E-state index contributed by atoms with van der Waals surface area (Å²) in [4.78, 5) is 22.0. The molecule has 0 heterocycles. The van der Waals surface area contributed by atoms with Gasteiger partial charge in [-0.3, -0.25) is 0 Å². The monoisotopic (exact) mass is 353 g/mol. The van der Waals surface area contributed by atoms with Crippen LogP contribution in [0.1, 0.15) is 0 Å². The van der Waals surface area contributed by atoms with E-state index < -0.39 is 6.03 Å². The van der Waals surface area contributed by atoms with E-state index in [0.29, 0.717) is 5.69 Å². The average molecular weight is 353 g/mol. The standard InChI is InChI=1S/C9H11N3O2Se.BrH/c10-9(14)12(15)6-8(13)11-7-4-2-1-3-5-7;/h1-5,15H,6H2,(H2,10,14)(H,11,13);1H. The predicted octanol–water partition coefficient (Wildman–Crippen LogP) is 0.399. The number of nitrogens with zero attached hydrogens (tertiary/aromatic N) is 1. The van der Waals surface area contributed by atoms with Gasteiger partial charge in [0.05, 0.1) is 0 Å².